The van der Waals surface area contributed by atoms with E-state index >= 15 is 0 Å². The molecule has 0 bridgehead atoms. The number of nitrogens with one attached hydrogen (secondary N) is 2. The summed E-state index contributed by atoms with van der Waals surface area (Å²) in [6.07, 6.45) is -3.43. The summed E-state index contributed by atoms with van der Waals surface area (Å²) in [5.74, 6) is -3.59. The highest BCUT2D eigenvalue weighted by atomic mass is 35.5. The monoisotopic (exact) mass is 647 g/mol. The molecule has 0 saturated carbocycles. The Bertz CT molecular complexity index is 1870. The molecule has 2 aromatic carbocycles. The van der Waals surface area contributed by atoms with Crippen LogP contribution in [0.3, 0.4) is 0 Å². The lowest BCUT2D eigenvalue weighted by Gasteiger charge is -2.15. The van der Waals surface area contributed by atoms with E-state index in [0.29, 0.717) is 15.4 Å². The van der Waals surface area contributed by atoms with E-state index < -0.39 is 36.2 Å². The Morgan fingerprint density at radius 1 is 1.00 bits per heavy atom. The number of amides is 2. The van der Waals surface area contributed by atoms with Gasteiger partial charge in [0.25, 0.3) is 17.6 Å². The zero-order chi connectivity index (χ0) is 31.6. The first-order chi connectivity index (χ1) is 20.9. The van der Waals surface area contributed by atoms with Crippen LogP contribution < -0.4 is 10.6 Å². The Morgan fingerprint density at radius 3 is 2.50 bits per heavy atom. The van der Waals surface area contributed by atoms with E-state index in [0.717, 1.165) is 10.7 Å². The first-order valence-electron chi connectivity index (χ1n) is 12.6. The summed E-state index contributed by atoms with van der Waals surface area (Å²) >= 11 is 12.3. The molecule has 0 saturated heterocycles. The molecule has 5 rings (SSSR count). The van der Waals surface area contributed by atoms with Gasteiger partial charge in [-0.2, -0.15) is 23.1 Å². The lowest BCUT2D eigenvalue weighted by atomic mass is 10.1. The van der Waals surface area contributed by atoms with Crippen LogP contribution in [0.15, 0.2) is 60.8 Å². The van der Waals surface area contributed by atoms with Gasteiger partial charge in [0.05, 0.1) is 22.0 Å². The van der Waals surface area contributed by atoms with Gasteiger partial charge in [0.1, 0.15) is 18.1 Å². The van der Waals surface area contributed by atoms with E-state index in [2.05, 4.69) is 36.1 Å². The van der Waals surface area contributed by atoms with E-state index in [1.807, 2.05) is 0 Å². The quantitative estimate of drug-likeness (QED) is 0.220. The fourth-order valence-corrected chi connectivity index (χ4v) is 4.49. The van der Waals surface area contributed by atoms with Gasteiger partial charge in [-0.1, -0.05) is 35.3 Å². The average Bonchev–Trinajstić information content (AvgIpc) is 3.62. The van der Waals surface area contributed by atoms with Gasteiger partial charge < -0.3 is 10.6 Å². The molecule has 0 radical (unpaired) electrons. The number of nitrogens with zero attached hydrogens (tertiary/aromatic N) is 7. The van der Waals surface area contributed by atoms with Crippen molar-refractivity contribution in [2.45, 2.75) is 26.2 Å². The molecule has 0 aliphatic carbocycles. The Labute approximate surface area is 255 Å². The number of anilines is 1. The number of benzene rings is 2. The van der Waals surface area contributed by atoms with Gasteiger partial charge in [-0.05, 0) is 60.2 Å². The second kappa shape index (κ2) is 12.4. The van der Waals surface area contributed by atoms with Crippen molar-refractivity contribution in [2.24, 2.45) is 0 Å². The van der Waals surface area contributed by atoms with Crippen molar-refractivity contribution >= 4 is 40.7 Å². The Balaban J connectivity index is 1.47. The number of hydrogen-bond donors (Lipinski definition) is 2. The molecule has 11 nitrogen and oxygen atoms in total. The van der Waals surface area contributed by atoms with Crippen LogP contribution in [-0.4, -0.2) is 46.8 Å². The molecular formula is C27H19Cl2F4N9O2. The third-order valence-corrected chi connectivity index (χ3v) is 6.70. The molecule has 0 spiro atoms. The molecule has 0 aliphatic heterocycles. The van der Waals surface area contributed by atoms with Crippen LogP contribution in [0.2, 0.25) is 10.0 Å². The van der Waals surface area contributed by atoms with Gasteiger partial charge in [-0.25, -0.2) is 14.1 Å². The fourth-order valence-electron chi connectivity index (χ4n) is 4.07. The normalized spacial score (nSPS) is 11.4. The van der Waals surface area contributed by atoms with Crippen LogP contribution in [0.5, 0.6) is 0 Å². The lowest BCUT2D eigenvalue weighted by molar-refractivity contribution is -0.145. The molecule has 3 aromatic heterocycles. The molecular weight excluding hydrogens is 629 g/mol. The highest BCUT2D eigenvalue weighted by Crippen LogP contribution is 2.27. The zero-order valence-electron chi connectivity index (χ0n) is 22.4. The first-order valence-corrected chi connectivity index (χ1v) is 13.3. The van der Waals surface area contributed by atoms with E-state index in [1.165, 1.54) is 31.3 Å². The van der Waals surface area contributed by atoms with E-state index in [-0.39, 0.29) is 45.6 Å². The number of tetrazole rings is 1. The molecule has 0 aliphatic rings. The van der Waals surface area contributed by atoms with Crippen LogP contribution in [-0.2, 0) is 19.3 Å². The van der Waals surface area contributed by atoms with Crippen LogP contribution in [0.1, 0.15) is 43.5 Å². The Kier molecular flexibility index (Phi) is 8.60. The minimum absolute atomic E-state index is 0.0172. The molecule has 226 valence electrons. The summed E-state index contributed by atoms with van der Waals surface area (Å²) in [6.45, 7) is 1.08. The summed E-state index contributed by atoms with van der Waals surface area (Å²) in [5.41, 5.74) is 0.385. The van der Waals surface area contributed by atoms with Gasteiger partial charge in [-0.3, -0.25) is 9.59 Å². The molecule has 0 atom stereocenters. The minimum Gasteiger partial charge on any atom is -0.348 e. The van der Waals surface area contributed by atoms with Crippen molar-refractivity contribution in [3.63, 3.8) is 0 Å². The summed E-state index contributed by atoms with van der Waals surface area (Å²) in [7, 11) is 0. The second-order valence-corrected chi connectivity index (χ2v) is 10.1. The third kappa shape index (κ3) is 6.68. The van der Waals surface area contributed by atoms with Crippen molar-refractivity contribution in [1.82, 2.24) is 40.3 Å². The summed E-state index contributed by atoms with van der Waals surface area (Å²) in [6, 6.07) is 13.4. The number of carbonyl (C=O) groups excluding carboxylic acids is 2. The maximum absolute atomic E-state index is 14.7. The second-order valence-electron chi connectivity index (χ2n) is 9.24. The van der Waals surface area contributed by atoms with Gasteiger partial charge in [0.2, 0.25) is 0 Å². The molecule has 5 aromatic rings. The number of halogens is 6. The van der Waals surface area contributed by atoms with Crippen LogP contribution in [0.25, 0.3) is 5.82 Å². The highest BCUT2D eigenvalue weighted by Gasteiger charge is 2.37. The standard InChI is InChI=1S/C27H19Cl2F4N9O2/c1-14-20(30)8-7-18(24(43)35-12-15-4-2-5-16(28)10-15)22(14)36-25(44)21-11-17(13-41-39-26(37-40-41)27(31,32)33)38-42(21)23-19(29)6-3-9-34-23/h2-11H,12-13H2,1H3,(H,35,43)(H,36,44). The predicted molar refractivity (Wildman–Crippen MR) is 150 cm³/mol. The van der Waals surface area contributed by atoms with Gasteiger partial charge in [0.15, 0.2) is 5.82 Å². The molecule has 17 heteroatoms. The van der Waals surface area contributed by atoms with Gasteiger partial charge in [0, 0.05) is 23.3 Å². The topological polar surface area (TPSA) is 133 Å². The van der Waals surface area contributed by atoms with E-state index in [9.17, 15) is 27.2 Å². The SMILES string of the molecule is Cc1c(F)ccc(C(=O)NCc2cccc(Cl)c2)c1NC(=O)c1cc(Cn2nnc(C(F)(F)F)n2)nn1-c1ncccc1Cl. The minimum atomic E-state index is -4.81. The van der Waals surface area contributed by atoms with Crippen molar-refractivity contribution in [1.29, 1.82) is 0 Å². The Hall–Kier alpha value is -4.89. The summed E-state index contributed by atoms with van der Waals surface area (Å²) in [4.78, 5) is 31.6. The first kappa shape index (κ1) is 30.6. The number of carbonyl (C=O) groups is 2. The van der Waals surface area contributed by atoms with Crippen molar-refractivity contribution < 1.29 is 27.2 Å². The maximum Gasteiger partial charge on any atom is 0.455 e. The highest BCUT2D eigenvalue weighted by molar-refractivity contribution is 6.32. The van der Waals surface area contributed by atoms with Crippen molar-refractivity contribution in [3.05, 3.63) is 111 Å². The van der Waals surface area contributed by atoms with Crippen LogP contribution in [0, 0.1) is 12.7 Å². The number of pyridine rings is 1. The maximum atomic E-state index is 14.7. The number of rotatable bonds is 8. The molecule has 2 N–H and O–H groups in total. The third-order valence-electron chi connectivity index (χ3n) is 6.17. The van der Waals surface area contributed by atoms with E-state index in [1.54, 1.807) is 30.3 Å². The molecule has 0 fully saturated rings. The number of hydrogen-bond acceptors (Lipinski definition) is 7. The number of alkyl halides is 3. The predicted octanol–water partition coefficient (Wildman–Crippen LogP) is 5.26. The van der Waals surface area contributed by atoms with Gasteiger partial charge >= 0.3 is 6.18 Å². The molecule has 3 heterocycles. The fraction of sp³-hybridized carbons (Fsp3) is 0.148. The molecule has 0 unspecified atom stereocenters. The molecule has 2 amide bonds. The van der Waals surface area contributed by atoms with Gasteiger partial charge in [-0.15, -0.1) is 10.2 Å². The van der Waals surface area contributed by atoms with Crippen molar-refractivity contribution in [3.8, 4) is 5.82 Å². The molecule has 44 heavy (non-hydrogen) atoms. The Morgan fingerprint density at radius 2 is 1.80 bits per heavy atom. The largest absolute Gasteiger partial charge is 0.455 e. The zero-order valence-corrected chi connectivity index (χ0v) is 23.9. The average molecular weight is 648 g/mol. The number of aromatic nitrogens is 7. The van der Waals surface area contributed by atoms with Crippen LogP contribution in [0.4, 0.5) is 23.2 Å². The van der Waals surface area contributed by atoms with Crippen molar-refractivity contribution in [2.75, 3.05) is 5.32 Å². The van der Waals surface area contributed by atoms with E-state index in [4.69, 9.17) is 23.2 Å². The lowest BCUT2D eigenvalue weighted by Crippen LogP contribution is -2.26. The summed E-state index contributed by atoms with van der Waals surface area (Å²) in [5, 5.41) is 19.8. The summed E-state index contributed by atoms with van der Waals surface area (Å²) < 4.78 is 54.6. The van der Waals surface area contributed by atoms with Crippen LogP contribution >= 0.6 is 23.2 Å². The smallest absolute Gasteiger partial charge is 0.348 e.